The first-order valence-corrected chi connectivity index (χ1v) is 5.38. The van der Waals surface area contributed by atoms with Crippen molar-refractivity contribution < 1.29 is 27.5 Å². The van der Waals surface area contributed by atoms with Crippen LogP contribution in [0.15, 0.2) is 24.3 Å². The van der Waals surface area contributed by atoms with Crippen molar-refractivity contribution in [2.45, 2.75) is 25.6 Å². The second-order valence-electron chi connectivity index (χ2n) is 4.57. The number of imide groups is 1. The van der Waals surface area contributed by atoms with E-state index in [1.807, 2.05) is 0 Å². The lowest BCUT2D eigenvalue weighted by Gasteiger charge is -2.15. The maximum atomic E-state index is 12.6. The smallest absolute Gasteiger partial charge is 0.422 e. The van der Waals surface area contributed by atoms with Crippen molar-refractivity contribution in [3.63, 3.8) is 0 Å². The molecule has 1 aliphatic heterocycles. The molecular formula is C12H10F3NO3. The summed E-state index contributed by atoms with van der Waals surface area (Å²) >= 11 is 0. The highest BCUT2D eigenvalue weighted by Crippen LogP contribution is 2.34. The summed E-state index contributed by atoms with van der Waals surface area (Å²) in [5.74, 6) is -0.697. The van der Waals surface area contributed by atoms with E-state index in [0.717, 1.165) is 18.2 Å². The van der Waals surface area contributed by atoms with E-state index in [9.17, 15) is 22.8 Å². The predicted octanol–water partition coefficient (Wildman–Crippen LogP) is 2.97. The molecule has 0 atom stereocenters. The molecule has 102 valence electrons. The molecule has 1 aliphatic rings. The van der Waals surface area contributed by atoms with Gasteiger partial charge in [0.25, 0.3) is 5.91 Å². The van der Waals surface area contributed by atoms with E-state index in [-0.39, 0.29) is 5.69 Å². The summed E-state index contributed by atoms with van der Waals surface area (Å²) in [5, 5.41) is 0. The number of benzene rings is 1. The fourth-order valence-electron chi connectivity index (χ4n) is 1.70. The van der Waals surface area contributed by atoms with E-state index in [1.54, 1.807) is 0 Å². The Balaban J connectivity index is 2.44. The van der Waals surface area contributed by atoms with Gasteiger partial charge in [-0.25, -0.2) is 9.69 Å². The molecule has 0 bridgehead atoms. The Hall–Kier alpha value is -2.05. The zero-order valence-corrected chi connectivity index (χ0v) is 10.1. The van der Waals surface area contributed by atoms with E-state index < -0.39 is 29.3 Å². The quantitative estimate of drug-likeness (QED) is 0.790. The van der Waals surface area contributed by atoms with Crippen LogP contribution in [-0.2, 0) is 15.7 Å². The second-order valence-corrected chi connectivity index (χ2v) is 4.57. The van der Waals surface area contributed by atoms with Gasteiger partial charge in [-0.3, -0.25) is 4.79 Å². The monoisotopic (exact) mass is 273 g/mol. The molecule has 1 fully saturated rings. The van der Waals surface area contributed by atoms with Crippen molar-refractivity contribution in [2.24, 2.45) is 0 Å². The molecule has 1 aromatic carbocycles. The SMILES string of the molecule is CC1(C)OC(=O)N(c2cccc(C(F)(F)F)c2)C1=O. The van der Waals surface area contributed by atoms with Gasteiger partial charge in [0.1, 0.15) is 0 Å². The highest BCUT2D eigenvalue weighted by atomic mass is 19.4. The lowest BCUT2D eigenvalue weighted by molar-refractivity contribution is -0.137. The number of ether oxygens (including phenoxy) is 1. The number of nitrogens with zero attached hydrogens (tertiary/aromatic N) is 1. The number of rotatable bonds is 1. The van der Waals surface area contributed by atoms with E-state index >= 15 is 0 Å². The highest BCUT2D eigenvalue weighted by molar-refractivity contribution is 6.19. The summed E-state index contributed by atoms with van der Waals surface area (Å²) < 4.78 is 42.6. The molecule has 0 spiro atoms. The van der Waals surface area contributed by atoms with Crippen LogP contribution in [0.5, 0.6) is 0 Å². The third-order valence-corrected chi connectivity index (χ3v) is 2.67. The van der Waals surface area contributed by atoms with Crippen LogP contribution < -0.4 is 4.90 Å². The largest absolute Gasteiger partial charge is 0.433 e. The fourth-order valence-corrected chi connectivity index (χ4v) is 1.70. The van der Waals surface area contributed by atoms with Gasteiger partial charge in [-0.1, -0.05) is 6.07 Å². The zero-order chi connectivity index (χ0) is 14.4. The Morgan fingerprint density at radius 3 is 2.32 bits per heavy atom. The number of anilines is 1. The van der Waals surface area contributed by atoms with Gasteiger partial charge in [0.2, 0.25) is 0 Å². The first kappa shape index (κ1) is 13.4. The molecule has 1 heterocycles. The summed E-state index contributed by atoms with van der Waals surface area (Å²) in [6.07, 6.45) is -5.52. The Kier molecular flexibility index (Phi) is 2.80. The van der Waals surface area contributed by atoms with Gasteiger partial charge in [-0.15, -0.1) is 0 Å². The summed E-state index contributed by atoms with van der Waals surface area (Å²) in [6, 6.07) is 3.97. The molecule has 2 rings (SSSR count). The number of halogens is 3. The number of hydrogen-bond acceptors (Lipinski definition) is 3. The van der Waals surface area contributed by atoms with Crippen molar-refractivity contribution in [1.29, 1.82) is 0 Å². The van der Waals surface area contributed by atoms with Gasteiger partial charge in [-0.2, -0.15) is 13.2 Å². The van der Waals surface area contributed by atoms with E-state index in [1.165, 1.54) is 19.9 Å². The maximum absolute atomic E-state index is 12.6. The van der Waals surface area contributed by atoms with E-state index in [2.05, 4.69) is 0 Å². The minimum absolute atomic E-state index is 0.157. The average Bonchev–Trinajstić information content (AvgIpc) is 2.47. The van der Waals surface area contributed by atoms with Gasteiger partial charge in [-0.05, 0) is 32.0 Å². The first-order chi connectivity index (χ1) is 8.63. The van der Waals surface area contributed by atoms with Crippen LogP contribution in [0.25, 0.3) is 0 Å². The van der Waals surface area contributed by atoms with E-state index in [4.69, 9.17) is 4.74 Å². The van der Waals surface area contributed by atoms with Crippen LogP contribution in [0.4, 0.5) is 23.7 Å². The van der Waals surface area contributed by atoms with Crippen molar-refractivity contribution in [3.8, 4) is 0 Å². The lowest BCUT2D eigenvalue weighted by Crippen LogP contribution is -2.36. The van der Waals surface area contributed by atoms with Gasteiger partial charge in [0.15, 0.2) is 5.60 Å². The second kappa shape index (κ2) is 3.97. The molecule has 19 heavy (non-hydrogen) atoms. The van der Waals surface area contributed by atoms with Crippen LogP contribution in [-0.4, -0.2) is 17.6 Å². The molecule has 2 amide bonds. The highest BCUT2D eigenvalue weighted by Gasteiger charge is 2.48. The molecule has 1 aromatic rings. The average molecular weight is 273 g/mol. The molecule has 0 unspecified atom stereocenters. The van der Waals surface area contributed by atoms with Crippen LogP contribution in [0, 0.1) is 0 Å². The first-order valence-electron chi connectivity index (χ1n) is 5.38. The summed E-state index contributed by atoms with van der Waals surface area (Å²) in [4.78, 5) is 24.1. The third kappa shape index (κ3) is 2.27. The number of amides is 2. The number of carbonyl (C=O) groups excluding carboxylic acids is 2. The molecule has 0 radical (unpaired) electrons. The normalized spacial score (nSPS) is 18.7. The molecule has 0 saturated carbocycles. The molecule has 7 heteroatoms. The molecule has 0 aliphatic carbocycles. The topological polar surface area (TPSA) is 46.6 Å². The van der Waals surface area contributed by atoms with Crippen molar-refractivity contribution in [2.75, 3.05) is 4.90 Å². The van der Waals surface area contributed by atoms with Crippen molar-refractivity contribution in [3.05, 3.63) is 29.8 Å². The zero-order valence-electron chi connectivity index (χ0n) is 10.1. The summed E-state index contributed by atoms with van der Waals surface area (Å²) in [6.45, 7) is 2.75. The van der Waals surface area contributed by atoms with Crippen LogP contribution >= 0.6 is 0 Å². The maximum Gasteiger partial charge on any atom is 0.422 e. The Labute approximate surface area is 106 Å². The van der Waals surface area contributed by atoms with Gasteiger partial charge >= 0.3 is 12.3 Å². The van der Waals surface area contributed by atoms with Crippen molar-refractivity contribution >= 4 is 17.7 Å². The van der Waals surface area contributed by atoms with Crippen LogP contribution in [0.1, 0.15) is 19.4 Å². The number of cyclic esters (lactones) is 1. The minimum Gasteiger partial charge on any atom is -0.433 e. The fraction of sp³-hybridized carbons (Fsp3) is 0.333. The van der Waals surface area contributed by atoms with Crippen molar-refractivity contribution in [1.82, 2.24) is 0 Å². The number of carbonyl (C=O) groups is 2. The van der Waals surface area contributed by atoms with Gasteiger partial charge < -0.3 is 4.74 Å². The van der Waals surface area contributed by atoms with E-state index in [0.29, 0.717) is 4.90 Å². The Morgan fingerprint density at radius 2 is 1.84 bits per heavy atom. The lowest BCUT2D eigenvalue weighted by atomic mass is 10.1. The minimum atomic E-state index is -4.54. The molecule has 1 saturated heterocycles. The van der Waals surface area contributed by atoms with Gasteiger partial charge in [0.05, 0.1) is 11.3 Å². The Bertz CT molecular complexity index is 551. The molecule has 4 nitrogen and oxygen atoms in total. The van der Waals surface area contributed by atoms with Crippen LogP contribution in [0.2, 0.25) is 0 Å². The predicted molar refractivity (Wildman–Crippen MR) is 59.5 cm³/mol. The summed E-state index contributed by atoms with van der Waals surface area (Å²) in [5.41, 5.74) is -2.46. The Morgan fingerprint density at radius 1 is 1.21 bits per heavy atom. The molecule has 0 aromatic heterocycles. The molecular weight excluding hydrogens is 263 g/mol. The standard InChI is InChI=1S/C12H10F3NO3/c1-11(2)9(17)16(10(18)19-11)8-5-3-4-7(6-8)12(13,14)15/h3-6H,1-2H3. The third-order valence-electron chi connectivity index (χ3n) is 2.67. The van der Waals surface area contributed by atoms with Crippen LogP contribution in [0.3, 0.4) is 0 Å². The number of alkyl halides is 3. The van der Waals surface area contributed by atoms with Gasteiger partial charge in [0, 0.05) is 0 Å². The molecule has 0 N–H and O–H groups in total. The summed E-state index contributed by atoms with van der Waals surface area (Å²) in [7, 11) is 0. The number of hydrogen-bond donors (Lipinski definition) is 0.